The summed E-state index contributed by atoms with van der Waals surface area (Å²) in [5.74, 6) is -0.455. The number of amides is 4. The Balaban J connectivity index is 0.000000277. The van der Waals surface area contributed by atoms with Crippen molar-refractivity contribution in [1.82, 2.24) is 9.80 Å². The van der Waals surface area contributed by atoms with Crippen LogP contribution in [0.3, 0.4) is 0 Å². The number of carbonyl (C=O) groups excluding carboxylic acids is 6. The third kappa shape index (κ3) is 21.2. The summed E-state index contributed by atoms with van der Waals surface area (Å²) in [6.07, 6.45) is 1.29. The van der Waals surface area contributed by atoms with Crippen LogP contribution in [0.1, 0.15) is 94.4 Å². The van der Waals surface area contributed by atoms with Crippen LogP contribution in [0, 0.1) is 5.92 Å². The van der Waals surface area contributed by atoms with E-state index in [1.54, 1.807) is 156 Å². The summed E-state index contributed by atoms with van der Waals surface area (Å²) < 4.78 is 26.8. The van der Waals surface area contributed by atoms with Crippen molar-refractivity contribution in [2.45, 2.75) is 72.6 Å². The Morgan fingerprint density at radius 3 is 1.31 bits per heavy atom. The topological polar surface area (TPSA) is 237 Å². The highest BCUT2D eigenvalue weighted by molar-refractivity contribution is 5.99. The van der Waals surface area contributed by atoms with Gasteiger partial charge in [-0.3, -0.25) is 28.8 Å². The van der Waals surface area contributed by atoms with Gasteiger partial charge in [0.2, 0.25) is 11.8 Å². The van der Waals surface area contributed by atoms with Crippen LogP contribution in [0.2, 0.25) is 0 Å². The minimum absolute atomic E-state index is 0.0119. The molecule has 0 saturated carbocycles. The number of aromatic hydroxyl groups is 1. The molecular formula is C66H70N4O14. The Labute approximate surface area is 488 Å². The molecule has 0 aromatic heterocycles. The normalized spacial score (nSPS) is 10.8. The van der Waals surface area contributed by atoms with Gasteiger partial charge in [0, 0.05) is 35.6 Å². The van der Waals surface area contributed by atoms with Crippen LogP contribution >= 0.6 is 0 Å². The number of anilines is 2. The molecule has 0 bridgehead atoms. The Bertz CT molecular complexity index is 3310. The summed E-state index contributed by atoms with van der Waals surface area (Å²) in [5, 5.41) is 24.6. The second-order valence-corrected chi connectivity index (χ2v) is 20.9. The first-order chi connectivity index (χ1) is 40.1. The van der Waals surface area contributed by atoms with Crippen LogP contribution < -0.4 is 29.6 Å². The predicted octanol–water partition coefficient (Wildman–Crippen LogP) is 10.8. The monoisotopic (exact) mass is 1140 g/mol. The summed E-state index contributed by atoms with van der Waals surface area (Å²) in [4.78, 5) is 90.8. The van der Waals surface area contributed by atoms with Crippen molar-refractivity contribution in [2.75, 3.05) is 44.5 Å². The fourth-order valence-corrected chi connectivity index (χ4v) is 8.09. The highest BCUT2D eigenvalue weighted by Gasteiger charge is 2.24. The van der Waals surface area contributed by atoms with E-state index in [2.05, 4.69) is 24.5 Å². The molecule has 7 aromatic carbocycles. The van der Waals surface area contributed by atoms with Crippen molar-refractivity contribution in [3.63, 3.8) is 0 Å². The lowest BCUT2D eigenvalue weighted by Gasteiger charge is -2.25. The van der Waals surface area contributed by atoms with Gasteiger partial charge < -0.3 is 54.3 Å². The number of carbonyl (C=O) groups is 7. The minimum Gasteiger partial charge on any atom is -0.508 e. The molecule has 0 heterocycles. The standard InChI is InChI=1S/C37H38N2O8.C29H32N2O6/c1-25(2)20-21-46-32-18-10-29(11-19-32)37(44)47-33-16-6-27(7-17-33)23-39(24-35(41)42)36(43)28-8-12-30(13-9-28)38-34(40)22-26-4-14-31(45-3)15-5-26;1-29(2,3)37-27(34)19-31(18-21-5-13-24(32)14-6-21)28(35)22-9-11-23(12-10-22)30-26(33)17-20-7-15-25(36-4)16-8-20/h4-19,25H,20-24H2,1-3H3,(H,38,40)(H,41,42);5-16,32H,17-19H2,1-4H3,(H,30,33). The lowest BCUT2D eigenvalue weighted by atomic mass is 10.1. The predicted molar refractivity (Wildman–Crippen MR) is 317 cm³/mol. The van der Waals surface area contributed by atoms with E-state index in [0.717, 1.165) is 28.9 Å². The van der Waals surface area contributed by atoms with E-state index in [-0.39, 0.29) is 61.5 Å². The van der Waals surface area contributed by atoms with Crippen molar-refractivity contribution >= 4 is 52.9 Å². The van der Waals surface area contributed by atoms with Crippen molar-refractivity contribution < 1.29 is 67.5 Å². The first kappa shape index (κ1) is 63.2. The molecule has 4 amide bonds. The van der Waals surface area contributed by atoms with Crippen LogP contribution in [-0.2, 0) is 49.8 Å². The van der Waals surface area contributed by atoms with Gasteiger partial charge in [0.05, 0.1) is 39.2 Å². The minimum atomic E-state index is -1.16. The highest BCUT2D eigenvalue weighted by Crippen LogP contribution is 2.22. The Morgan fingerprint density at radius 1 is 0.500 bits per heavy atom. The molecule has 18 heteroatoms. The second-order valence-electron chi connectivity index (χ2n) is 20.9. The number of hydrogen-bond donors (Lipinski definition) is 4. The number of rotatable bonds is 24. The fraction of sp³-hybridized carbons (Fsp3) is 0.258. The number of aliphatic carboxylic acids is 1. The van der Waals surface area contributed by atoms with Crippen molar-refractivity contribution in [3.05, 3.63) is 209 Å². The van der Waals surface area contributed by atoms with Crippen molar-refractivity contribution in [3.8, 4) is 28.7 Å². The molecule has 18 nitrogen and oxygen atoms in total. The molecule has 0 aliphatic carbocycles. The number of carboxylic acids is 1. The van der Waals surface area contributed by atoms with Crippen molar-refractivity contribution in [2.24, 2.45) is 5.92 Å². The number of nitrogens with one attached hydrogen (secondary N) is 2. The molecule has 0 spiro atoms. The largest absolute Gasteiger partial charge is 0.508 e. The van der Waals surface area contributed by atoms with Gasteiger partial charge >= 0.3 is 17.9 Å². The summed E-state index contributed by atoms with van der Waals surface area (Å²) in [6, 6.07) is 46.8. The number of phenols is 1. The van der Waals surface area contributed by atoms with E-state index in [9.17, 15) is 43.8 Å². The molecule has 0 fully saturated rings. The average Bonchev–Trinajstić information content (AvgIpc) is 3.67. The third-order valence-corrected chi connectivity index (χ3v) is 12.4. The van der Waals surface area contributed by atoms with E-state index in [1.165, 1.54) is 34.1 Å². The van der Waals surface area contributed by atoms with Gasteiger partial charge in [-0.2, -0.15) is 0 Å². The van der Waals surface area contributed by atoms with Gasteiger partial charge in [-0.15, -0.1) is 0 Å². The molecule has 0 saturated heterocycles. The first-order valence-electron chi connectivity index (χ1n) is 27.0. The van der Waals surface area contributed by atoms with E-state index in [0.29, 0.717) is 57.8 Å². The zero-order valence-electron chi connectivity index (χ0n) is 48.1. The number of carboxylic acid groups (broad SMARTS) is 1. The summed E-state index contributed by atoms with van der Waals surface area (Å²) in [6.45, 7) is 9.54. The van der Waals surface area contributed by atoms with Crippen LogP contribution in [-0.4, -0.2) is 101 Å². The summed E-state index contributed by atoms with van der Waals surface area (Å²) in [5.41, 5.74) is 4.41. The fourth-order valence-electron chi connectivity index (χ4n) is 8.09. The lowest BCUT2D eigenvalue weighted by molar-refractivity contribution is -0.155. The SMILES string of the molecule is COc1ccc(CC(=O)Nc2ccc(C(=O)N(CC(=O)O)Cc3ccc(OC(=O)c4ccc(OCCC(C)C)cc4)cc3)cc2)cc1.COc1ccc(CC(=O)Nc2ccc(C(=O)N(CC(=O)OC(C)(C)C)Cc3ccc(O)cc3)cc2)cc1. The molecule has 0 aliphatic rings. The zero-order chi connectivity index (χ0) is 60.8. The molecule has 0 unspecified atom stereocenters. The van der Waals surface area contributed by atoms with Gasteiger partial charge in [0.1, 0.15) is 47.4 Å². The van der Waals surface area contributed by atoms with E-state index < -0.39 is 36.0 Å². The molecule has 438 valence electrons. The van der Waals surface area contributed by atoms with Crippen LogP contribution in [0.4, 0.5) is 11.4 Å². The second kappa shape index (κ2) is 30.7. The molecule has 84 heavy (non-hydrogen) atoms. The van der Waals surface area contributed by atoms with E-state index in [4.69, 9.17) is 23.7 Å². The number of phenolic OH excluding ortho intramolecular Hbond substituents is 1. The summed E-state index contributed by atoms with van der Waals surface area (Å²) in [7, 11) is 3.16. The molecule has 4 N–H and O–H groups in total. The number of nitrogens with zero attached hydrogens (tertiary/aromatic N) is 2. The van der Waals surface area contributed by atoms with Gasteiger partial charge in [0.25, 0.3) is 11.8 Å². The van der Waals surface area contributed by atoms with E-state index in [1.807, 2.05) is 24.3 Å². The number of hydrogen-bond acceptors (Lipinski definition) is 13. The Morgan fingerprint density at radius 2 is 0.893 bits per heavy atom. The molecule has 0 radical (unpaired) electrons. The van der Waals surface area contributed by atoms with Crippen LogP contribution in [0.25, 0.3) is 0 Å². The molecule has 7 rings (SSSR count). The average molecular weight is 1140 g/mol. The maximum absolute atomic E-state index is 13.3. The zero-order valence-corrected chi connectivity index (χ0v) is 48.1. The quantitative estimate of drug-likeness (QED) is 0.0325. The van der Waals surface area contributed by atoms with Gasteiger partial charge in [-0.1, -0.05) is 62.4 Å². The maximum Gasteiger partial charge on any atom is 0.343 e. The van der Waals surface area contributed by atoms with Gasteiger partial charge in [-0.05, 0) is 177 Å². The van der Waals surface area contributed by atoms with Crippen LogP contribution in [0.15, 0.2) is 170 Å². The van der Waals surface area contributed by atoms with Gasteiger partial charge in [-0.25, -0.2) is 4.79 Å². The molecule has 7 aromatic rings. The van der Waals surface area contributed by atoms with E-state index >= 15 is 0 Å². The van der Waals surface area contributed by atoms with Crippen LogP contribution in [0.5, 0.6) is 28.7 Å². The first-order valence-corrected chi connectivity index (χ1v) is 27.0. The summed E-state index contributed by atoms with van der Waals surface area (Å²) >= 11 is 0. The third-order valence-electron chi connectivity index (χ3n) is 12.4. The molecule has 0 aliphatic heterocycles. The number of ether oxygens (including phenoxy) is 5. The number of methoxy groups -OCH3 is 2. The highest BCUT2D eigenvalue weighted by atomic mass is 16.6. The van der Waals surface area contributed by atoms with Crippen molar-refractivity contribution in [1.29, 1.82) is 0 Å². The molecular weight excluding hydrogens is 1070 g/mol. The molecule has 0 atom stereocenters. The smallest absolute Gasteiger partial charge is 0.343 e. The Hall–Kier alpha value is -9.97. The maximum atomic E-state index is 13.3. The lowest BCUT2D eigenvalue weighted by Crippen LogP contribution is -2.38. The van der Waals surface area contributed by atoms with Gasteiger partial charge in [0.15, 0.2) is 0 Å². The number of esters is 2. The Kier molecular flexibility index (Phi) is 23.1. The number of benzene rings is 7.